The molecule has 139 heavy (non-hydrogen) atoms. The lowest BCUT2D eigenvalue weighted by Gasteiger charge is -2.39. The molecular formula is C102H128Cl4F4N20O9. The number of aromatic nitrogens is 12. The molecule has 0 spiro atoms. The molecule has 10 heterocycles. The van der Waals surface area contributed by atoms with E-state index < -0.39 is 52.8 Å². The Morgan fingerprint density at radius 2 is 0.683 bits per heavy atom. The molecule has 0 radical (unpaired) electrons. The number of nitrogens with zero attached hydrogens (tertiary/aromatic N) is 14. The van der Waals surface area contributed by atoms with Crippen molar-refractivity contribution >= 4 is 115 Å². The number of piperidine rings is 1. The topological polar surface area (TPSA) is 370 Å². The van der Waals surface area contributed by atoms with Crippen LogP contribution < -0.4 is 52.5 Å². The normalized spacial score (nSPS) is 18.4. The first-order valence-electron chi connectivity index (χ1n) is 47.8. The van der Waals surface area contributed by atoms with E-state index in [4.69, 9.17) is 113 Å². The summed E-state index contributed by atoms with van der Waals surface area (Å²) in [5.41, 5.74) is 31.8. The minimum Gasteiger partial charge on any atom is -0.490 e. The van der Waals surface area contributed by atoms with E-state index in [-0.39, 0.29) is 144 Å². The van der Waals surface area contributed by atoms with Crippen LogP contribution in [-0.2, 0) is 4.74 Å². The van der Waals surface area contributed by atoms with Gasteiger partial charge in [0.25, 0.3) is 23.6 Å². The first kappa shape index (κ1) is 105. The van der Waals surface area contributed by atoms with Gasteiger partial charge in [-0.15, -0.1) is 0 Å². The molecular weight excluding hydrogens is 1870 g/mol. The first-order chi connectivity index (χ1) is 65.8. The molecule has 4 aliphatic rings. The zero-order valence-corrected chi connectivity index (χ0v) is 85.8. The molecule has 4 amide bonds. The maximum absolute atomic E-state index is 15.6. The van der Waals surface area contributed by atoms with E-state index in [9.17, 15) is 19.2 Å². The number of likely N-dealkylation sites (tertiary alicyclic amines) is 1. The third-order valence-corrected chi connectivity index (χ3v) is 27.3. The monoisotopic (exact) mass is 1990 g/mol. The number of nitrogens with one attached hydrogen (secondary N) is 2. The van der Waals surface area contributed by atoms with E-state index in [1.165, 1.54) is 18.2 Å². The van der Waals surface area contributed by atoms with Gasteiger partial charge in [0.2, 0.25) is 0 Å². The van der Waals surface area contributed by atoms with Crippen molar-refractivity contribution in [2.24, 2.45) is 5.92 Å². The van der Waals surface area contributed by atoms with Crippen LogP contribution in [0, 0.1) is 56.9 Å². The van der Waals surface area contributed by atoms with Crippen LogP contribution in [0.3, 0.4) is 0 Å². The Labute approximate surface area is 828 Å². The van der Waals surface area contributed by atoms with Crippen LogP contribution in [-0.4, -0.2) is 165 Å². The minimum atomic E-state index is -0.798. The molecule has 2 aliphatic heterocycles. The molecule has 4 fully saturated rings. The van der Waals surface area contributed by atoms with Gasteiger partial charge in [0.05, 0.1) is 79.5 Å². The molecule has 10 N–H and O–H groups in total. The lowest BCUT2D eigenvalue weighted by atomic mass is 9.85. The number of halogens is 8. The average molecular weight is 2000 g/mol. The smallest absolute Gasteiger partial charge is 0.261 e. The molecule has 29 nitrogen and oxygen atoms in total. The maximum atomic E-state index is 15.6. The predicted octanol–water partition coefficient (Wildman–Crippen LogP) is 21.4. The standard InChI is InChI=1S/2C26H33ClFN5O2.C25H31ClFN5O3.C25H31ClFN5O2/c1-13(2)35-23-18(16(5)25-31-17(6)22-24(29)30-10-11-32(22)25)12-19(27)21(28)20(23)26(34)33-14(3)8-7-9-15(33)4;1-13(2)35-23-17(15(4)25-31-16(5)22-24(29)30-10-11-33(22)25)12-18(27)21(28)20(23)26(34)32-19-9-7-6-8-14(19)3;1-12(2)34-22-17(15(5)24-30-16(6)21-23(28)29-7-8-32(21)24)9-18(26)20(27)19(22)25(33)31-10-13(3)35-14(4)11-31;1-13(2)34-22-17(14(3)24-30-15(4)21-23(28)29-10-11-32(21)24)12-18(26)20(27)19(22)25(33)31-16-8-6-5-7-9-16/h10-16H,7-9H2,1-6H3,(H2,29,30);10-15,19H,6-9H2,1-5H3,(H2,29,30)(H,32,34);7-9,12-15H,10-11H2,1-6H3,(H2,28,29);10-14,16H,5-9H2,1-4H3,(H2,28,29)(H,31,33). The SMILES string of the molecule is Cc1nc(C(C)c2cc(Cl)c(F)c(C(=O)N3C(C)CCCC3C)c2OC(C)C)n2ccnc(N)c12.Cc1nc(C(C)c2cc(Cl)c(F)c(C(=O)N3CC(C)OC(C)C3)c2OC(C)C)n2ccnc(N)c12.Cc1nc(C(C)c2cc(Cl)c(F)c(C(=O)NC3CCCCC3)c2OC(C)C)n2ccnc(N)c12.Cc1nc(C(C)c2cc(Cl)c(F)c(C(=O)NC3CCCCC3C)c2OC(C)C)n2ccnc(N)c12. The van der Waals surface area contributed by atoms with Gasteiger partial charge in [-0.2, -0.15) is 0 Å². The Bertz CT molecular complexity index is 6560. The number of carbonyl (C=O) groups is 4. The van der Waals surface area contributed by atoms with Crippen LogP contribution in [0.2, 0.25) is 20.1 Å². The molecule has 10 atom stereocenters. The van der Waals surface area contributed by atoms with Crippen molar-refractivity contribution in [3.63, 3.8) is 0 Å². The summed E-state index contributed by atoms with van der Waals surface area (Å²) in [5, 5.41) is 5.51. The highest BCUT2D eigenvalue weighted by Gasteiger charge is 2.41. The number of amides is 4. The minimum absolute atomic E-state index is 0.00762. The number of benzene rings is 4. The van der Waals surface area contributed by atoms with Crippen LogP contribution in [0.25, 0.3) is 22.1 Å². The Morgan fingerprint density at radius 1 is 0.396 bits per heavy atom. The van der Waals surface area contributed by atoms with Gasteiger partial charge in [-0.3, -0.25) is 36.8 Å². The third kappa shape index (κ3) is 22.1. The van der Waals surface area contributed by atoms with Crippen molar-refractivity contribution in [1.29, 1.82) is 0 Å². The first-order valence-corrected chi connectivity index (χ1v) is 49.3. The quantitative estimate of drug-likeness (QED) is 0.0343. The second-order valence-corrected chi connectivity index (χ2v) is 39.8. The van der Waals surface area contributed by atoms with Crippen molar-refractivity contribution in [3.8, 4) is 23.0 Å². The summed E-state index contributed by atoms with van der Waals surface area (Å²) in [4.78, 5) is 93.3. The highest BCUT2D eigenvalue weighted by molar-refractivity contribution is 6.32. The fourth-order valence-corrected chi connectivity index (χ4v) is 20.5. The molecule has 37 heteroatoms. The number of imidazole rings is 4. The second kappa shape index (κ2) is 44.1. The molecule has 2 aliphatic carbocycles. The molecule has 8 aromatic heterocycles. The van der Waals surface area contributed by atoms with Gasteiger partial charge in [0.1, 0.15) is 114 Å². The highest BCUT2D eigenvalue weighted by Crippen LogP contribution is 2.47. The number of hydrogen-bond donors (Lipinski definition) is 6. The number of carbonyl (C=O) groups excluding carboxylic acids is 4. The van der Waals surface area contributed by atoms with Gasteiger partial charge < -0.3 is 67.1 Å². The molecule has 746 valence electrons. The molecule has 12 aromatic rings. The number of nitrogen functional groups attached to an aromatic ring is 4. The zero-order valence-electron chi connectivity index (χ0n) is 82.8. The number of aryl methyl sites for hydroxylation is 4. The van der Waals surface area contributed by atoms with Gasteiger partial charge in [-0.05, 0) is 186 Å². The largest absolute Gasteiger partial charge is 0.490 e. The van der Waals surface area contributed by atoms with Gasteiger partial charge in [0.15, 0.2) is 23.3 Å². The Morgan fingerprint density at radius 3 is 1.00 bits per heavy atom. The third-order valence-electron chi connectivity index (χ3n) is 26.2. The van der Waals surface area contributed by atoms with E-state index in [0.717, 1.165) is 94.1 Å². The van der Waals surface area contributed by atoms with E-state index >= 15 is 17.6 Å². The number of morpholine rings is 1. The second-order valence-electron chi connectivity index (χ2n) is 38.2. The van der Waals surface area contributed by atoms with Crippen LogP contribution >= 0.6 is 46.4 Å². The fraction of sp³-hybridized carbons (Fsp3) is 0.490. The summed E-state index contributed by atoms with van der Waals surface area (Å²) in [7, 11) is 0. The van der Waals surface area contributed by atoms with Crippen LogP contribution in [0.15, 0.2) is 73.8 Å². The number of ether oxygens (including phenoxy) is 5. The molecule has 2 saturated carbocycles. The summed E-state index contributed by atoms with van der Waals surface area (Å²) >= 11 is 25.5. The molecule has 4 aromatic carbocycles. The number of anilines is 4. The Balaban J connectivity index is 0.000000156. The molecule has 0 bridgehead atoms. The van der Waals surface area contributed by atoms with Crippen LogP contribution in [0.1, 0.15) is 328 Å². The van der Waals surface area contributed by atoms with E-state index in [0.29, 0.717) is 116 Å². The Kier molecular flexibility index (Phi) is 33.3. The average Bonchev–Trinajstić information content (AvgIpc) is 1.62. The van der Waals surface area contributed by atoms with E-state index in [2.05, 4.69) is 37.5 Å². The lowest BCUT2D eigenvalue weighted by Crippen LogP contribution is -2.48. The molecule has 2 saturated heterocycles. The van der Waals surface area contributed by atoms with Gasteiger partial charge in [-0.25, -0.2) is 57.4 Å². The predicted molar refractivity (Wildman–Crippen MR) is 535 cm³/mol. The number of fused-ring (bicyclic) bond motifs is 4. The fourth-order valence-electron chi connectivity index (χ4n) is 19.6. The van der Waals surface area contributed by atoms with Crippen molar-refractivity contribution in [2.75, 3.05) is 36.0 Å². The summed E-state index contributed by atoms with van der Waals surface area (Å²) in [6.07, 6.45) is 23.9. The van der Waals surface area contributed by atoms with Crippen LogP contribution in [0.5, 0.6) is 23.0 Å². The molecule has 16 rings (SSSR count). The summed E-state index contributed by atoms with van der Waals surface area (Å²) in [6, 6.07) is 6.09. The van der Waals surface area contributed by atoms with Crippen molar-refractivity contribution in [1.82, 2.24) is 77.9 Å². The van der Waals surface area contributed by atoms with E-state index in [1.54, 1.807) is 65.4 Å². The van der Waals surface area contributed by atoms with Crippen LogP contribution in [0.4, 0.5) is 40.8 Å². The zero-order chi connectivity index (χ0) is 101. The summed E-state index contributed by atoms with van der Waals surface area (Å²) in [6.45, 7) is 40.4. The summed E-state index contributed by atoms with van der Waals surface area (Å²) in [5.74, 6) is -1.37. The van der Waals surface area contributed by atoms with Crippen molar-refractivity contribution < 1.29 is 60.4 Å². The summed E-state index contributed by atoms with van der Waals surface area (Å²) < 4.78 is 99.6. The Hall–Kier alpha value is -11.5. The van der Waals surface area contributed by atoms with Gasteiger partial charge in [0, 0.05) is 133 Å². The van der Waals surface area contributed by atoms with Crippen molar-refractivity contribution in [3.05, 3.63) is 208 Å². The number of nitrogens with two attached hydrogens (primary N) is 4. The van der Waals surface area contributed by atoms with Crippen molar-refractivity contribution in [2.45, 2.75) is 307 Å². The molecule has 10 unspecified atom stereocenters. The highest BCUT2D eigenvalue weighted by atomic mass is 35.5. The number of rotatable bonds is 22. The van der Waals surface area contributed by atoms with E-state index in [1.807, 2.05) is 156 Å². The maximum Gasteiger partial charge on any atom is 0.261 e. The van der Waals surface area contributed by atoms with Gasteiger partial charge >= 0.3 is 0 Å². The lowest BCUT2D eigenvalue weighted by molar-refractivity contribution is -0.0588. The van der Waals surface area contributed by atoms with Gasteiger partial charge in [-0.1, -0.05) is 113 Å². The number of hydrogen-bond acceptors (Lipinski definition) is 21.